The van der Waals surface area contributed by atoms with Crippen LogP contribution in [0.5, 0.6) is 0 Å². The van der Waals surface area contributed by atoms with Gasteiger partial charge in [-0.3, -0.25) is 0 Å². The molecule has 2 heterocycles. The fraction of sp³-hybridized carbons (Fsp3) is 0.545. The number of aromatic nitrogens is 2. The van der Waals surface area contributed by atoms with E-state index in [1.165, 1.54) is 6.20 Å². The van der Waals surface area contributed by atoms with Gasteiger partial charge in [0.15, 0.2) is 11.5 Å². The molecule has 1 fully saturated rings. The molecule has 0 amide bonds. The molecular weight excluding hydrogens is 218 g/mol. The SMILES string of the molecule is CN(CC1CNCCO1)c1nccnc1C#N. The summed E-state index contributed by atoms with van der Waals surface area (Å²) in [4.78, 5) is 10.1. The Hall–Kier alpha value is -1.71. The number of hydrogen-bond donors (Lipinski definition) is 1. The van der Waals surface area contributed by atoms with Crippen LogP contribution in [0, 0.1) is 11.3 Å². The smallest absolute Gasteiger partial charge is 0.183 e. The molecule has 0 aliphatic carbocycles. The molecule has 1 aromatic rings. The monoisotopic (exact) mass is 233 g/mol. The molecule has 6 nitrogen and oxygen atoms in total. The van der Waals surface area contributed by atoms with Crippen molar-refractivity contribution >= 4 is 5.82 Å². The Morgan fingerprint density at radius 3 is 3.12 bits per heavy atom. The maximum atomic E-state index is 8.95. The first-order valence-corrected chi connectivity index (χ1v) is 5.56. The number of likely N-dealkylation sites (N-methyl/N-ethyl adjacent to an activating group) is 1. The molecule has 0 radical (unpaired) electrons. The van der Waals surface area contributed by atoms with Gasteiger partial charge >= 0.3 is 0 Å². The number of morpholine rings is 1. The number of rotatable bonds is 3. The zero-order valence-corrected chi connectivity index (χ0v) is 9.76. The molecule has 1 atom stereocenters. The van der Waals surface area contributed by atoms with Crippen molar-refractivity contribution in [1.82, 2.24) is 15.3 Å². The lowest BCUT2D eigenvalue weighted by molar-refractivity contribution is 0.0339. The molecule has 17 heavy (non-hydrogen) atoms. The summed E-state index contributed by atoms with van der Waals surface area (Å²) >= 11 is 0. The Labute approximate surface area is 100 Å². The van der Waals surface area contributed by atoms with E-state index in [1.807, 2.05) is 18.0 Å². The predicted octanol–water partition coefficient (Wildman–Crippen LogP) is -0.227. The minimum Gasteiger partial charge on any atom is -0.374 e. The van der Waals surface area contributed by atoms with Crippen molar-refractivity contribution in [3.8, 4) is 6.07 Å². The minimum atomic E-state index is 0.127. The van der Waals surface area contributed by atoms with E-state index < -0.39 is 0 Å². The van der Waals surface area contributed by atoms with Crippen LogP contribution in [0.2, 0.25) is 0 Å². The average Bonchev–Trinajstić information content (AvgIpc) is 2.40. The molecule has 0 aromatic carbocycles. The van der Waals surface area contributed by atoms with E-state index in [9.17, 15) is 0 Å². The Kier molecular flexibility index (Phi) is 3.85. The second-order valence-electron chi connectivity index (χ2n) is 3.92. The van der Waals surface area contributed by atoms with E-state index in [4.69, 9.17) is 10.00 Å². The lowest BCUT2D eigenvalue weighted by Gasteiger charge is -2.28. The average molecular weight is 233 g/mol. The normalized spacial score (nSPS) is 19.6. The quantitative estimate of drug-likeness (QED) is 0.777. The third-order valence-electron chi connectivity index (χ3n) is 2.63. The van der Waals surface area contributed by atoms with E-state index in [0.29, 0.717) is 18.1 Å². The summed E-state index contributed by atoms with van der Waals surface area (Å²) in [6.07, 6.45) is 3.24. The second-order valence-corrected chi connectivity index (χ2v) is 3.92. The van der Waals surface area contributed by atoms with Crippen molar-refractivity contribution in [3.63, 3.8) is 0 Å². The molecule has 1 unspecified atom stereocenters. The van der Waals surface area contributed by atoms with Gasteiger partial charge in [-0.15, -0.1) is 0 Å². The lowest BCUT2D eigenvalue weighted by Crippen LogP contribution is -2.44. The van der Waals surface area contributed by atoms with Crippen LogP contribution in [0.1, 0.15) is 5.69 Å². The van der Waals surface area contributed by atoms with Crippen LogP contribution in [0.15, 0.2) is 12.4 Å². The molecule has 0 saturated carbocycles. The summed E-state index contributed by atoms with van der Waals surface area (Å²) in [5, 5.41) is 12.2. The maximum absolute atomic E-state index is 8.95. The summed E-state index contributed by atoms with van der Waals surface area (Å²) in [6.45, 7) is 3.14. The van der Waals surface area contributed by atoms with Gasteiger partial charge in [-0.25, -0.2) is 9.97 Å². The van der Waals surface area contributed by atoms with Gasteiger partial charge in [0.1, 0.15) is 6.07 Å². The molecule has 1 aliphatic rings. The molecule has 1 saturated heterocycles. The zero-order valence-electron chi connectivity index (χ0n) is 9.76. The highest BCUT2D eigenvalue weighted by Crippen LogP contribution is 2.13. The maximum Gasteiger partial charge on any atom is 0.183 e. The van der Waals surface area contributed by atoms with Crippen LogP contribution >= 0.6 is 0 Å². The van der Waals surface area contributed by atoms with E-state index in [2.05, 4.69) is 15.3 Å². The van der Waals surface area contributed by atoms with E-state index in [0.717, 1.165) is 19.7 Å². The van der Waals surface area contributed by atoms with E-state index in [1.54, 1.807) is 6.20 Å². The van der Waals surface area contributed by atoms with Gasteiger partial charge in [-0.2, -0.15) is 5.26 Å². The zero-order chi connectivity index (χ0) is 12.1. The Morgan fingerprint density at radius 1 is 1.59 bits per heavy atom. The number of hydrogen-bond acceptors (Lipinski definition) is 6. The van der Waals surface area contributed by atoms with Crippen molar-refractivity contribution in [3.05, 3.63) is 18.1 Å². The van der Waals surface area contributed by atoms with Crippen molar-refractivity contribution in [1.29, 1.82) is 5.26 Å². The molecule has 1 aliphatic heterocycles. The van der Waals surface area contributed by atoms with Crippen LogP contribution in [-0.2, 0) is 4.74 Å². The summed E-state index contributed by atoms with van der Waals surface area (Å²) in [5.41, 5.74) is 0.346. The molecule has 6 heteroatoms. The molecular formula is C11H15N5O. The number of nitriles is 1. The fourth-order valence-electron chi connectivity index (χ4n) is 1.82. The number of ether oxygens (including phenoxy) is 1. The van der Waals surface area contributed by atoms with E-state index in [-0.39, 0.29) is 6.10 Å². The van der Waals surface area contributed by atoms with Crippen LogP contribution in [0.25, 0.3) is 0 Å². The Morgan fingerprint density at radius 2 is 2.41 bits per heavy atom. The summed E-state index contributed by atoms with van der Waals surface area (Å²) in [7, 11) is 1.89. The van der Waals surface area contributed by atoms with Gasteiger partial charge in [0.25, 0.3) is 0 Å². The first-order valence-electron chi connectivity index (χ1n) is 5.56. The molecule has 90 valence electrons. The topological polar surface area (TPSA) is 74.1 Å². The first-order chi connectivity index (χ1) is 8.31. The summed E-state index contributed by atoms with van der Waals surface area (Å²) in [5.74, 6) is 0.601. The Bertz CT molecular complexity index is 411. The molecule has 1 aromatic heterocycles. The van der Waals surface area contributed by atoms with Crippen LogP contribution in [-0.4, -0.2) is 49.4 Å². The second kappa shape index (κ2) is 5.57. The molecule has 0 spiro atoms. The minimum absolute atomic E-state index is 0.127. The van der Waals surface area contributed by atoms with Gasteiger partial charge in [0.2, 0.25) is 0 Å². The van der Waals surface area contributed by atoms with E-state index >= 15 is 0 Å². The summed E-state index contributed by atoms with van der Waals surface area (Å²) < 4.78 is 5.61. The largest absolute Gasteiger partial charge is 0.374 e. The van der Waals surface area contributed by atoms with Gasteiger partial charge in [0, 0.05) is 39.1 Å². The Balaban J connectivity index is 2.03. The standard InChI is InChI=1S/C11H15N5O/c1-16(8-9-7-13-4-5-17-9)11-10(6-12)14-2-3-15-11/h2-3,9,13H,4-5,7-8H2,1H3. The van der Waals surface area contributed by atoms with Crippen molar-refractivity contribution in [2.45, 2.75) is 6.10 Å². The van der Waals surface area contributed by atoms with Gasteiger partial charge < -0.3 is 15.0 Å². The number of anilines is 1. The number of nitrogens with zero attached hydrogens (tertiary/aromatic N) is 4. The van der Waals surface area contributed by atoms with Crippen molar-refractivity contribution in [2.75, 3.05) is 38.2 Å². The van der Waals surface area contributed by atoms with Crippen LogP contribution in [0.3, 0.4) is 0 Å². The van der Waals surface area contributed by atoms with Crippen molar-refractivity contribution in [2.24, 2.45) is 0 Å². The van der Waals surface area contributed by atoms with Gasteiger partial charge in [-0.1, -0.05) is 0 Å². The molecule has 1 N–H and O–H groups in total. The van der Waals surface area contributed by atoms with Crippen LogP contribution < -0.4 is 10.2 Å². The van der Waals surface area contributed by atoms with Gasteiger partial charge in [0.05, 0.1) is 12.7 Å². The predicted molar refractivity (Wildman–Crippen MR) is 62.6 cm³/mol. The molecule has 0 bridgehead atoms. The highest BCUT2D eigenvalue weighted by molar-refractivity contribution is 5.48. The fourth-order valence-corrected chi connectivity index (χ4v) is 1.82. The third kappa shape index (κ3) is 2.90. The van der Waals surface area contributed by atoms with Crippen molar-refractivity contribution < 1.29 is 4.74 Å². The third-order valence-corrected chi connectivity index (χ3v) is 2.63. The highest BCUT2D eigenvalue weighted by atomic mass is 16.5. The van der Waals surface area contributed by atoms with Crippen LogP contribution in [0.4, 0.5) is 5.82 Å². The summed E-state index contributed by atoms with van der Waals surface area (Å²) in [6, 6.07) is 2.04. The van der Waals surface area contributed by atoms with Gasteiger partial charge in [-0.05, 0) is 0 Å². The highest BCUT2D eigenvalue weighted by Gasteiger charge is 2.18. The first kappa shape index (κ1) is 11.8. The number of nitrogens with one attached hydrogen (secondary N) is 1. The molecule has 2 rings (SSSR count). The lowest BCUT2D eigenvalue weighted by atomic mass is 10.3.